The zero-order valence-corrected chi connectivity index (χ0v) is 25.7. The smallest absolute Gasteiger partial charge is 0.328 e. The van der Waals surface area contributed by atoms with Crippen LogP contribution in [0.3, 0.4) is 0 Å². The summed E-state index contributed by atoms with van der Waals surface area (Å²) in [6.07, 6.45) is 14.1. The Kier molecular flexibility index (Phi) is 16.6. The van der Waals surface area contributed by atoms with E-state index in [0.717, 1.165) is 57.8 Å². The first kappa shape index (κ1) is 35.6. The lowest BCUT2D eigenvalue weighted by molar-refractivity contribution is -0.991. The number of Topliss-reactive ketones (excluding diaryl/α,β-unsaturated/α-hetero) is 1. The van der Waals surface area contributed by atoms with Gasteiger partial charge in [-0.2, -0.15) is 5.23 Å². The highest BCUT2D eigenvalue weighted by molar-refractivity contribution is 5.84. The largest absolute Gasteiger partial charge is 0.595 e. The van der Waals surface area contributed by atoms with Crippen molar-refractivity contribution < 1.29 is 34.7 Å². The quantitative estimate of drug-likeness (QED) is 0.0719. The average Bonchev–Trinajstić information content (AvgIpc) is 3.30. The Morgan fingerprint density at radius 3 is 2.50 bits per heavy atom. The first-order valence-corrected chi connectivity index (χ1v) is 15.8. The maximum absolute atomic E-state index is 12.7. The van der Waals surface area contributed by atoms with Gasteiger partial charge in [-0.1, -0.05) is 71.4 Å². The Labute approximate surface area is 251 Å². The number of ketones is 1. The highest BCUT2D eigenvalue weighted by atomic mass is 16.8. The lowest BCUT2D eigenvalue weighted by Gasteiger charge is -2.19. The van der Waals surface area contributed by atoms with E-state index in [1.807, 2.05) is 19.9 Å². The van der Waals surface area contributed by atoms with Gasteiger partial charge in [-0.05, 0) is 61.6 Å². The lowest BCUT2D eigenvalue weighted by Crippen LogP contribution is -2.99. The number of rotatable bonds is 20. The molecule has 0 saturated heterocycles. The third-order valence-electron chi connectivity index (χ3n) is 7.92. The van der Waals surface area contributed by atoms with Gasteiger partial charge in [0.2, 0.25) is 5.91 Å². The van der Waals surface area contributed by atoms with Gasteiger partial charge in [0.05, 0.1) is 6.10 Å². The number of hydrogen-bond acceptors (Lipinski definition) is 7. The molecule has 1 aliphatic rings. The van der Waals surface area contributed by atoms with Crippen molar-refractivity contribution in [2.24, 2.45) is 17.8 Å². The molecule has 1 aromatic rings. The van der Waals surface area contributed by atoms with Crippen LogP contribution >= 0.6 is 0 Å². The van der Waals surface area contributed by atoms with E-state index < -0.39 is 23.3 Å². The Morgan fingerprint density at radius 2 is 1.83 bits per heavy atom. The lowest BCUT2D eigenvalue weighted by atomic mass is 9.89. The van der Waals surface area contributed by atoms with E-state index in [2.05, 4.69) is 18.3 Å². The number of carbonyl (C=O) groups is 3. The number of allylic oxidation sites excluding steroid dienone is 1. The molecule has 0 aromatic heterocycles. The molecule has 1 aromatic carbocycles. The Hall–Kier alpha value is -2.59. The van der Waals surface area contributed by atoms with Gasteiger partial charge in [0.25, 0.3) is 0 Å². The molecule has 2 rings (SSSR count). The van der Waals surface area contributed by atoms with Crippen LogP contribution < -0.4 is 10.5 Å². The summed E-state index contributed by atoms with van der Waals surface area (Å²) in [6.45, 7) is 6.10. The van der Waals surface area contributed by atoms with Crippen molar-refractivity contribution in [2.45, 2.75) is 123 Å². The number of esters is 1. The summed E-state index contributed by atoms with van der Waals surface area (Å²) < 4.78 is 5.42. The molecule has 1 unspecified atom stereocenters. The Balaban J connectivity index is 1.69. The van der Waals surface area contributed by atoms with Crippen LogP contribution in [0.4, 0.5) is 5.69 Å². The second-order valence-corrected chi connectivity index (χ2v) is 12.0. The molecule has 0 radical (unpaired) electrons. The normalized spacial score (nSPS) is 19.3. The summed E-state index contributed by atoms with van der Waals surface area (Å²) in [5, 5.41) is 32.0. The van der Waals surface area contributed by atoms with Crippen LogP contribution in [0.2, 0.25) is 0 Å². The molecule has 1 saturated carbocycles. The van der Waals surface area contributed by atoms with E-state index in [0.29, 0.717) is 37.0 Å². The molecule has 1 fully saturated rings. The van der Waals surface area contributed by atoms with Crippen molar-refractivity contribution in [3.63, 3.8) is 0 Å². The summed E-state index contributed by atoms with van der Waals surface area (Å²) in [5.41, 5.74) is 0.831. The number of unbranched alkanes of at least 4 members (excludes halogenated alkanes) is 5. The van der Waals surface area contributed by atoms with Crippen molar-refractivity contribution in [3.8, 4) is 0 Å². The Bertz CT molecular complexity index is 977. The molecular formula is C33H52N2O7. The van der Waals surface area contributed by atoms with Crippen LogP contribution in [0.15, 0.2) is 36.4 Å². The minimum absolute atomic E-state index is 0.00286. The maximum atomic E-state index is 12.7. The number of quaternary nitrogens is 1. The van der Waals surface area contributed by atoms with Crippen LogP contribution in [-0.4, -0.2) is 40.1 Å². The number of nitrogens with one attached hydrogen (secondary N) is 2. The molecule has 4 N–H and O–H groups in total. The first-order chi connectivity index (χ1) is 20.1. The maximum Gasteiger partial charge on any atom is 0.328 e. The van der Waals surface area contributed by atoms with Crippen LogP contribution in [0.5, 0.6) is 0 Å². The molecule has 9 heteroatoms. The monoisotopic (exact) mass is 588 g/mol. The number of aliphatic hydroxyl groups excluding tert-OH is 1. The second-order valence-electron chi connectivity index (χ2n) is 12.0. The molecule has 9 nitrogen and oxygen atoms in total. The summed E-state index contributed by atoms with van der Waals surface area (Å²) in [6, 6.07) is 5.39. The molecule has 236 valence electrons. The van der Waals surface area contributed by atoms with E-state index in [9.17, 15) is 24.7 Å². The summed E-state index contributed by atoms with van der Waals surface area (Å²) in [7, 11) is 0. The van der Waals surface area contributed by atoms with Crippen molar-refractivity contribution in [3.05, 3.63) is 47.2 Å². The number of aliphatic hydroxyl groups is 1. The molecule has 0 aliphatic heterocycles. The number of carbonyl (C=O) groups excluding carboxylic acids is 3. The molecule has 5 atom stereocenters. The van der Waals surface area contributed by atoms with E-state index in [1.54, 1.807) is 12.1 Å². The summed E-state index contributed by atoms with van der Waals surface area (Å²) in [5.74, 6) is 0.0646. The van der Waals surface area contributed by atoms with Gasteiger partial charge >= 0.3 is 5.97 Å². The summed E-state index contributed by atoms with van der Waals surface area (Å²) >= 11 is 0. The van der Waals surface area contributed by atoms with E-state index in [4.69, 9.17) is 9.94 Å². The second kappa shape index (κ2) is 19.6. The van der Waals surface area contributed by atoms with Crippen molar-refractivity contribution in [1.82, 2.24) is 5.32 Å². The molecule has 0 heterocycles. The molecular weight excluding hydrogens is 536 g/mol. The minimum Gasteiger partial charge on any atom is -0.595 e. The van der Waals surface area contributed by atoms with Gasteiger partial charge in [-0.15, -0.1) is 0 Å². The molecule has 0 bridgehead atoms. The van der Waals surface area contributed by atoms with Crippen LogP contribution in [0.1, 0.15) is 110 Å². The average molecular weight is 589 g/mol. The van der Waals surface area contributed by atoms with Crippen LogP contribution in [0, 0.1) is 23.0 Å². The third-order valence-corrected chi connectivity index (χ3v) is 7.92. The van der Waals surface area contributed by atoms with Crippen LogP contribution in [0.25, 0.3) is 0 Å². The van der Waals surface area contributed by atoms with E-state index >= 15 is 0 Å². The fourth-order valence-electron chi connectivity index (χ4n) is 5.46. The standard InChI is InChI=1S/C33H52N2O7/c1-4-5-8-11-28(36)20-16-26-17-21-31(37)29(26)12-9-6-7-10-13-32(38)34-30(22-24(2)3)33(39)42-23-25-14-18-27(19-15-25)35(40)41/h14-16,18-20,24,26,28-30,35-36,40H,4-13,17,21-23H2,1-3H3,(H,34,38)/t26-,28+,29-,30-/m1/s1. The van der Waals surface area contributed by atoms with Crippen molar-refractivity contribution in [1.29, 1.82) is 0 Å². The minimum atomic E-state index is -1.02. The third kappa shape index (κ3) is 13.6. The number of ether oxygens (including phenoxy) is 1. The van der Waals surface area contributed by atoms with Gasteiger partial charge < -0.3 is 20.4 Å². The highest BCUT2D eigenvalue weighted by Crippen LogP contribution is 2.34. The fourth-order valence-corrected chi connectivity index (χ4v) is 5.46. The van der Waals surface area contributed by atoms with Crippen LogP contribution in [-0.2, 0) is 25.7 Å². The zero-order chi connectivity index (χ0) is 30.9. The molecule has 0 spiro atoms. The predicted octanol–water partition coefficient (Wildman–Crippen LogP) is 5.10. The SMILES string of the molecule is CCCCC[C@H](O)C=C[C@@H]1CCC(=O)[C@@H]1CCCCCCC(=O)N[C@H](CC(C)C)C(=O)OCc1ccc([NH+]([O-])O)cc1. The van der Waals surface area contributed by atoms with Gasteiger partial charge in [0.15, 0.2) is 5.69 Å². The van der Waals surface area contributed by atoms with E-state index in [1.165, 1.54) is 12.1 Å². The first-order valence-electron chi connectivity index (χ1n) is 15.8. The van der Waals surface area contributed by atoms with Crippen molar-refractivity contribution >= 4 is 23.3 Å². The van der Waals surface area contributed by atoms with Crippen molar-refractivity contribution in [2.75, 3.05) is 0 Å². The molecule has 1 aliphatic carbocycles. The Morgan fingerprint density at radius 1 is 1.12 bits per heavy atom. The summed E-state index contributed by atoms with van der Waals surface area (Å²) in [4.78, 5) is 37.8. The number of benzene rings is 1. The topological polar surface area (TPSA) is 140 Å². The van der Waals surface area contributed by atoms with E-state index in [-0.39, 0.29) is 36.0 Å². The van der Waals surface area contributed by atoms with Gasteiger partial charge in [0.1, 0.15) is 18.4 Å². The van der Waals surface area contributed by atoms with Gasteiger partial charge in [0, 0.05) is 30.9 Å². The van der Waals surface area contributed by atoms with Gasteiger partial charge in [-0.25, -0.2) is 10.0 Å². The zero-order valence-electron chi connectivity index (χ0n) is 25.7. The number of amides is 1. The highest BCUT2D eigenvalue weighted by Gasteiger charge is 2.32. The number of hydrogen-bond donors (Lipinski definition) is 4. The molecule has 1 amide bonds. The predicted molar refractivity (Wildman–Crippen MR) is 162 cm³/mol. The van der Waals surface area contributed by atoms with Gasteiger partial charge in [-0.3, -0.25) is 9.59 Å². The fraction of sp³-hybridized carbons (Fsp3) is 0.667. The molecule has 42 heavy (non-hydrogen) atoms.